The summed E-state index contributed by atoms with van der Waals surface area (Å²) in [5, 5.41) is 27.8. The van der Waals surface area contributed by atoms with E-state index in [0.29, 0.717) is 12.8 Å². The van der Waals surface area contributed by atoms with E-state index in [1.165, 1.54) is 0 Å². The Balaban J connectivity index is 1.96. The van der Waals surface area contributed by atoms with Gasteiger partial charge in [0, 0.05) is 17.9 Å². The molecule has 1 heterocycles. The maximum absolute atomic E-state index is 13.7. The molecule has 1 aliphatic rings. The predicted octanol–water partition coefficient (Wildman–Crippen LogP) is 4.35. The fourth-order valence-electron chi connectivity index (χ4n) is 5.39. The standard InChI is InChI=1S/C29H39N3O6/c1-4-20(2)27(38-19-21-13-7-5-8-14-21)24-26(32(36)37)25(22-15-9-6-10-16-22)31-29(24,3)28(35)30-18-12-11-17-23(33)34/h5-10,13-16,20,24-27,31H,4,11-12,17-19H2,1-3H3,(H,30,35)(H,33,34)/t20-,24+,25-,26-,27?,29-/m0/s1. The Labute approximate surface area is 224 Å². The fraction of sp³-hybridized carbons (Fsp3) is 0.517. The van der Waals surface area contributed by atoms with Crippen molar-refractivity contribution in [1.29, 1.82) is 0 Å². The second-order valence-electron chi connectivity index (χ2n) is 10.3. The van der Waals surface area contributed by atoms with Gasteiger partial charge in [0.05, 0.1) is 18.6 Å². The lowest BCUT2D eigenvalue weighted by Crippen LogP contribution is -2.60. The normalized spacial score (nSPS) is 24.4. The maximum Gasteiger partial charge on any atom is 0.303 e. The molecule has 206 valence electrons. The molecule has 6 atom stereocenters. The van der Waals surface area contributed by atoms with Gasteiger partial charge in [-0.15, -0.1) is 0 Å². The van der Waals surface area contributed by atoms with Crippen LogP contribution in [-0.4, -0.2) is 46.1 Å². The van der Waals surface area contributed by atoms with Gasteiger partial charge in [-0.1, -0.05) is 80.9 Å². The van der Waals surface area contributed by atoms with E-state index in [2.05, 4.69) is 10.6 Å². The van der Waals surface area contributed by atoms with Gasteiger partial charge in [0.25, 0.3) is 0 Å². The van der Waals surface area contributed by atoms with Gasteiger partial charge in [-0.2, -0.15) is 0 Å². The number of carbonyl (C=O) groups is 2. The number of benzene rings is 2. The molecule has 9 heteroatoms. The lowest BCUT2D eigenvalue weighted by Gasteiger charge is -2.37. The fourth-order valence-corrected chi connectivity index (χ4v) is 5.39. The van der Waals surface area contributed by atoms with Crippen molar-refractivity contribution in [2.45, 2.75) is 76.8 Å². The average molecular weight is 526 g/mol. The number of carboxylic acids is 1. The summed E-state index contributed by atoms with van der Waals surface area (Å²) < 4.78 is 6.45. The molecule has 9 nitrogen and oxygen atoms in total. The average Bonchev–Trinajstić information content (AvgIpc) is 3.23. The van der Waals surface area contributed by atoms with E-state index in [1.54, 1.807) is 6.92 Å². The van der Waals surface area contributed by atoms with Gasteiger partial charge in [-0.05, 0) is 36.8 Å². The molecular weight excluding hydrogens is 486 g/mol. The number of carboxylic acid groups (broad SMARTS) is 1. The number of aliphatic carboxylic acids is 1. The molecule has 38 heavy (non-hydrogen) atoms. The molecule has 2 aromatic rings. The van der Waals surface area contributed by atoms with Gasteiger partial charge in [0.15, 0.2) is 0 Å². The summed E-state index contributed by atoms with van der Waals surface area (Å²) in [4.78, 5) is 37.0. The predicted molar refractivity (Wildman–Crippen MR) is 144 cm³/mol. The van der Waals surface area contributed by atoms with Crippen molar-refractivity contribution in [1.82, 2.24) is 10.6 Å². The lowest BCUT2D eigenvalue weighted by molar-refractivity contribution is -0.536. The van der Waals surface area contributed by atoms with E-state index in [-0.39, 0.29) is 36.3 Å². The molecule has 1 aliphatic heterocycles. The highest BCUT2D eigenvalue weighted by atomic mass is 16.6. The van der Waals surface area contributed by atoms with Crippen LogP contribution in [0.4, 0.5) is 0 Å². The van der Waals surface area contributed by atoms with Crippen LogP contribution < -0.4 is 10.6 Å². The minimum absolute atomic E-state index is 0.0247. The minimum atomic E-state index is -1.30. The molecule has 0 aliphatic carbocycles. The number of unbranched alkanes of at least 4 members (excludes halogenated alkanes) is 1. The summed E-state index contributed by atoms with van der Waals surface area (Å²) in [6.45, 7) is 6.31. The Morgan fingerprint density at radius 2 is 1.76 bits per heavy atom. The number of nitrogens with one attached hydrogen (secondary N) is 2. The Morgan fingerprint density at radius 1 is 1.13 bits per heavy atom. The number of nitro groups is 1. The quantitative estimate of drug-likeness (QED) is 0.190. The molecule has 0 saturated carbocycles. The number of hydrogen-bond donors (Lipinski definition) is 3. The molecule has 0 aromatic heterocycles. The molecule has 3 N–H and O–H groups in total. The first kappa shape index (κ1) is 29.3. The van der Waals surface area contributed by atoms with Crippen LogP contribution in [0.15, 0.2) is 60.7 Å². The first-order chi connectivity index (χ1) is 18.2. The summed E-state index contributed by atoms with van der Waals surface area (Å²) in [5.74, 6) is -2.04. The van der Waals surface area contributed by atoms with Crippen LogP contribution >= 0.6 is 0 Å². The van der Waals surface area contributed by atoms with E-state index in [0.717, 1.165) is 17.5 Å². The van der Waals surface area contributed by atoms with Crippen molar-refractivity contribution in [3.05, 3.63) is 81.9 Å². The van der Waals surface area contributed by atoms with Crippen molar-refractivity contribution < 1.29 is 24.4 Å². The number of rotatable bonds is 14. The lowest BCUT2D eigenvalue weighted by atomic mass is 9.74. The van der Waals surface area contributed by atoms with E-state index < -0.39 is 35.6 Å². The largest absolute Gasteiger partial charge is 0.481 e. The van der Waals surface area contributed by atoms with Gasteiger partial charge in [0.2, 0.25) is 11.9 Å². The molecule has 3 rings (SSSR count). The van der Waals surface area contributed by atoms with Crippen LogP contribution in [0, 0.1) is 22.0 Å². The zero-order chi connectivity index (χ0) is 27.7. The SMILES string of the molecule is CC[C@H](C)C(OCc1ccccc1)[C@H]1[C@H]([N+](=O)[O-])[C@H](c2ccccc2)N[C@]1(C)C(=O)NCCCCC(=O)O. The third-order valence-corrected chi connectivity index (χ3v) is 7.65. The van der Waals surface area contributed by atoms with Gasteiger partial charge in [-0.3, -0.25) is 25.0 Å². The van der Waals surface area contributed by atoms with Crippen molar-refractivity contribution in [2.75, 3.05) is 6.54 Å². The molecule has 0 radical (unpaired) electrons. The van der Waals surface area contributed by atoms with Crippen LogP contribution in [0.2, 0.25) is 0 Å². The summed E-state index contributed by atoms with van der Waals surface area (Å²) in [6, 6.07) is 17.0. The maximum atomic E-state index is 13.7. The number of nitrogens with zero attached hydrogens (tertiary/aromatic N) is 1. The minimum Gasteiger partial charge on any atom is -0.481 e. The second kappa shape index (κ2) is 13.5. The van der Waals surface area contributed by atoms with Crippen LogP contribution in [0.1, 0.15) is 63.6 Å². The smallest absolute Gasteiger partial charge is 0.303 e. The van der Waals surface area contributed by atoms with Crippen LogP contribution in [0.25, 0.3) is 0 Å². The summed E-state index contributed by atoms with van der Waals surface area (Å²) >= 11 is 0. The van der Waals surface area contributed by atoms with Crippen LogP contribution in [0.3, 0.4) is 0 Å². The van der Waals surface area contributed by atoms with E-state index in [9.17, 15) is 19.7 Å². The number of hydrogen-bond acceptors (Lipinski definition) is 6. The van der Waals surface area contributed by atoms with Crippen molar-refractivity contribution in [3.63, 3.8) is 0 Å². The third kappa shape index (κ3) is 6.96. The highest BCUT2D eigenvalue weighted by Gasteiger charge is 2.64. The van der Waals surface area contributed by atoms with Crippen molar-refractivity contribution in [2.24, 2.45) is 11.8 Å². The topological polar surface area (TPSA) is 131 Å². The van der Waals surface area contributed by atoms with Crippen molar-refractivity contribution >= 4 is 11.9 Å². The molecule has 1 unspecified atom stereocenters. The summed E-state index contributed by atoms with van der Waals surface area (Å²) in [6.07, 6.45) is 1.11. The zero-order valence-electron chi connectivity index (χ0n) is 22.3. The number of ether oxygens (including phenoxy) is 1. The molecule has 1 saturated heterocycles. The Morgan fingerprint density at radius 3 is 2.34 bits per heavy atom. The Kier molecular flexibility index (Phi) is 10.4. The zero-order valence-corrected chi connectivity index (χ0v) is 22.3. The van der Waals surface area contributed by atoms with Crippen LogP contribution in [0.5, 0.6) is 0 Å². The molecular formula is C29H39N3O6. The first-order valence-electron chi connectivity index (χ1n) is 13.3. The van der Waals surface area contributed by atoms with Gasteiger partial charge < -0.3 is 15.2 Å². The van der Waals surface area contributed by atoms with Gasteiger partial charge in [0.1, 0.15) is 11.6 Å². The van der Waals surface area contributed by atoms with Gasteiger partial charge in [-0.25, -0.2) is 0 Å². The van der Waals surface area contributed by atoms with E-state index >= 15 is 0 Å². The molecule has 0 spiro atoms. The molecule has 1 amide bonds. The Hall–Kier alpha value is -3.30. The molecule has 0 bridgehead atoms. The number of amides is 1. The Bertz CT molecular complexity index is 1070. The van der Waals surface area contributed by atoms with Crippen molar-refractivity contribution in [3.8, 4) is 0 Å². The third-order valence-electron chi connectivity index (χ3n) is 7.65. The van der Waals surface area contributed by atoms with E-state index in [4.69, 9.17) is 9.84 Å². The summed E-state index contributed by atoms with van der Waals surface area (Å²) in [7, 11) is 0. The second-order valence-corrected chi connectivity index (χ2v) is 10.3. The summed E-state index contributed by atoms with van der Waals surface area (Å²) in [5.41, 5.74) is 0.396. The number of carbonyl (C=O) groups excluding carboxylic acids is 1. The monoisotopic (exact) mass is 525 g/mol. The highest BCUT2D eigenvalue weighted by molar-refractivity contribution is 5.87. The molecule has 2 aromatic carbocycles. The first-order valence-corrected chi connectivity index (χ1v) is 13.3. The van der Waals surface area contributed by atoms with Crippen LogP contribution in [-0.2, 0) is 20.9 Å². The van der Waals surface area contributed by atoms with E-state index in [1.807, 2.05) is 74.5 Å². The molecule has 1 fully saturated rings. The highest BCUT2D eigenvalue weighted by Crippen LogP contribution is 2.45. The van der Waals surface area contributed by atoms with Gasteiger partial charge >= 0.3 is 5.97 Å².